The molecule has 1 amide bonds. The molecule has 37 heavy (non-hydrogen) atoms. The number of Topliss-reactive ketones (excluding diaryl/α,β-unsaturated/α-hetero) is 1. The molecule has 2 aromatic carbocycles. The minimum Gasteiger partial charge on any atom is -0.497 e. The van der Waals surface area contributed by atoms with Gasteiger partial charge < -0.3 is 20.1 Å². The van der Waals surface area contributed by atoms with E-state index in [1.54, 1.807) is 38.6 Å². The first kappa shape index (κ1) is 24.3. The molecular weight excluding hydrogens is 466 g/mol. The Morgan fingerprint density at radius 2 is 1.78 bits per heavy atom. The molecule has 0 bridgehead atoms. The minimum absolute atomic E-state index is 0.0149. The smallest absolute Gasteiger partial charge is 0.255 e. The molecule has 3 aromatic rings. The number of aromatic nitrogens is 1. The Hall–Kier alpha value is -4.39. The molecule has 188 valence electrons. The second-order valence-corrected chi connectivity index (χ2v) is 9.20. The van der Waals surface area contributed by atoms with Gasteiger partial charge in [-0.1, -0.05) is 42.5 Å². The molecule has 2 heterocycles. The van der Waals surface area contributed by atoms with E-state index in [9.17, 15) is 9.59 Å². The fourth-order valence-electron chi connectivity index (χ4n) is 5.29. The van der Waals surface area contributed by atoms with Gasteiger partial charge >= 0.3 is 0 Å². The molecule has 2 N–H and O–H groups in total. The number of methoxy groups -OCH3 is 2. The number of allylic oxidation sites excluding steroid dienone is 3. The van der Waals surface area contributed by atoms with Gasteiger partial charge in [0.05, 0.1) is 20.1 Å². The molecule has 0 radical (unpaired) electrons. The van der Waals surface area contributed by atoms with Crippen molar-refractivity contribution < 1.29 is 19.1 Å². The Kier molecular flexibility index (Phi) is 6.77. The number of nitrogens with zero attached hydrogens (tertiary/aromatic N) is 1. The van der Waals surface area contributed by atoms with Crippen molar-refractivity contribution in [3.05, 3.63) is 107 Å². The van der Waals surface area contributed by atoms with Crippen LogP contribution in [0.5, 0.6) is 11.5 Å². The van der Waals surface area contributed by atoms with Crippen molar-refractivity contribution in [1.82, 2.24) is 10.3 Å². The van der Waals surface area contributed by atoms with Crippen molar-refractivity contribution in [3.63, 3.8) is 0 Å². The zero-order chi connectivity index (χ0) is 25.9. The number of carbonyl (C=O) groups excluding carboxylic acids is 2. The number of ketones is 1. The van der Waals surface area contributed by atoms with Crippen LogP contribution in [0.15, 0.2) is 95.5 Å². The maximum Gasteiger partial charge on any atom is 0.255 e. The van der Waals surface area contributed by atoms with Crippen molar-refractivity contribution in [2.45, 2.75) is 31.6 Å². The Balaban J connectivity index is 1.62. The highest BCUT2D eigenvalue weighted by Gasteiger charge is 2.42. The van der Waals surface area contributed by atoms with Gasteiger partial charge in [0.15, 0.2) is 5.78 Å². The van der Waals surface area contributed by atoms with Crippen LogP contribution >= 0.6 is 0 Å². The van der Waals surface area contributed by atoms with Crippen LogP contribution in [0.1, 0.15) is 42.7 Å². The summed E-state index contributed by atoms with van der Waals surface area (Å²) in [5.74, 6) is 0.763. The number of nitrogens with one attached hydrogen (secondary N) is 2. The fourth-order valence-corrected chi connectivity index (χ4v) is 5.29. The van der Waals surface area contributed by atoms with Gasteiger partial charge in [-0.2, -0.15) is 0 Å². The third kappa shape index (κ3) is 4.72. The molecular formula is C30H29N3O4. The molecule has 0 saturated heterocycles. The zero-order valence-electron chi connectivity index (χ0n) is 21.1. The lowest BCUT2D eigenvalue weighted by Crippen LogP contribution is -2.37. The summed E-state index contributed by atoms with van der Waals surface area (Å²) >= 11 is 0. The van der Waals surface area contributed by atoms with Gasteiger partial charge in [0, 0.05) is 46.8 Å². The monoisotopic (exact) mass is 495 g/mol. The number of benzene rings is 2. The Bertz CT molecular complexity index is 1400. The van der Waals surface area contributed by atoms with Crippen molar-refractivity contribution >= 4 is 17.5 Å². The molecule has 1 aliphatic heterocycles. The molecule has 2 unspecified atom stereocenters. The van der Waals surface area contributed by atoms with Crippen LogP contribution in [0.3, 0.4) is 0 Å². The number of dihydropyridines is 1. The van der Waals surface area contributed by atoms with Crippen LogP contribution < -0.4 is 20.1 Å². The van der Waals surface area contributed by atoms with Crippen LogP contribution in [-0.2, 0) is 9.59 Å². The third-order valence-electron chi connectivity index (χ3n) is 7.00. The van der Waals surface area contributed by atoms with Crippen LogP contribution in [-0.4, -0.2) is 30.9 Å². The first-order valence-corrected chi connectivity index (χ1v) is 12.2. The number of pyridine rings is 1. The molecule has 2 atom stereocenters. The van der Waals surface area contributed by atoms with Crippen molar-refractivity contribution in [2.24, 2.45) is 0 Å². The van der Waals surface area contributed by atoms with Crippen molar-refractivity contribution in [2.75, 3.05) is 19.5 Å². The topological polar surface area (TPSA) is 89.5 Å². The van der Waals surface area contributed by atoms with E-state index < -0.39 is 5.92 Å². The lowest BCUT2D eigenvalue weighted by Gasteiger charge is -2.37. The summed E-state index contributed by atoms with van der Waals surface area (Å²) in [6.07, 6.45) is 2.66. The van der Waals surface area contributed by atoms with Crippen molar-refractivity contribution in [1.29, 1.82) is 0 Å². The normalized spacial score (nSPS) is 19.2. The summed E-state index contributed by atoms with van der Waals surface area (Å²) in [4.78, 5) is 31.8. The second kappa shape index (κ2) is 10.3. The standard InChI is InChI=1S/C30H29N3O4/c1-18-27(30(35)33-26-11-7-8-14-31-26)28(22-13-12-21(36-2)17-25(22)37-3)29-23(32-18)15-20(16-24(29)34)19-9-5-4-6-10-19/h4-14,17,20,28,32H,15-16H2,1-3H3,(H,31,33,35). The fraction of sp³-hybridized carbons (Fsp3) is 0.233. The zero-order valence-corrected chi connectivity index (χ0v) is 21.1. The summed E-state index contributed by atoms with van der Waals surface area (Å²) in [7, 11) is 3.16. The van der Waals surface area contributed by atoms with Gasteiger partial charge in [-0.05, 0) is 43.0 Å². The quantitative estimate of drug-likeness (QED) is 0.495. The third-order valence-corrected chi connectivity index (χ3v) is 7.00. The first-order valence-electron chi connectivity index (χ1n) is 12.2. The maximum absolute atomic E-state index is 13.8. The predicted octanol–water partition coefficient (Wildman–Crippen LogP) is 5.10. The van der Waals surface area contributed by atoms with Gasteiger partial charge in [0.2, 0.25) is 0 Å². The van der Waals surface area contributed by atoms with E-state index in [1.165, 1.54) is 0 Å². The maximum atomic E-state index is 13.8. The molecule has 5 rings (SSSR count). The summed E-state index contributed by atoms with van der Waals surface area (Å²) in [6.45, 7) is 1.87. The van der Waals surface area contributed by atoms with Crippen LogP contribution in [0.2, 0.25) is 0 Å². The molecule has 7 heteroatoms. The average Bonchev–Trinajstić information content (AvgIpc) is 2.92. The number of anilines is 1. The van der Waals surface area contributed by atoms with Gasteiger partial charge in [-0.3, -0.25) is 9.59 Å². The Morgan fingerprint density at radius 3 is 2.49 bits per heavy atom. The van der Waals surface area contributed by atoms with Gasteiger partial charge in [-0.25, -0.2) is 4.98 Å². The molecule has 0 spiro atoms. The highest BCUT2D eigenvalue weighted by Crippen LogP contribution is 2.48. The molecule has 0 fully saturated rings. The highest BCUT2D eigenvalue weighted by atomic mass is 16.5. The summed E-state index contributed by atoms with van der Waals surface area (Å²) < 4.78 is 11.1. The van der Waals surface area contributed by atoms with E-state index in [1.807, 2.05) is 43.3 Å². The number of ether oxygens (including phenoxy) is 2. The second-order valence-electron chi connectivity index (χ2n) is 9.20. The van der Waals surface area contributed by atoms with Gasteiger partial charge in [0.1, 0.15) is 17.3 Å². The van der Waals surface area contributed by atoms with E-state index in [0.717, 1.165) is 16.8 Å². The highest BCUT2D eigenvalue weighted by molar-refractivity contribution is 6.09. The molecule has 0 saturated carbocycles. The van der Waals surface area contributed by atoms with E-state index >= 15 is 0 Å². The van der Waals surface area contributed by atoms with Gasteiger partial charge in [0.25, 0.3) is 5.91 Å². The lowest BCUT2D eigenvalue weighted by atomic mass is 9.71. The Labute approximate surface area is 216 Å². The predicted molar refractivity (Wildman–Crippen MR) is 141 cm³/mol. The minimum atomic E-state index is -0.606. The Morgan fingerprint density at radius 1 is 1.00 bits per heavy atom. The number of rotatable bonds is 6. The summed E-state index contributed by atoms with van der Waals surface area (Å²) in [6, 6.07) is 20.9. The van der Waals surface area contributed by atoms with Gasteiger partial charge in [-0.15, -0.1) is 0 Å². The van der Waals surface area contributed by atoms with E-state index in [2.05, 4.69) is 27.8 Å². The van der Waals surface area contributed by atoms with Crippen LogP contribution in [0.4, 0.5) is 5.82 Å². The molecule has 7 nitrogen and oxygen atoms in total. The van der Waals surface area contributed by atoms with E-state index in [-0.39, 0.29) is 17.6 Å². The molecule has 1 aliphatic carbocycles. The first-order chi connectivity index (χ1) is 18.0. The number of carbonyl (C=O) groups is 2. The average molecular weight is 496 g/mol. The van der Waals surface area contributed by atoms with Crippen LogP contribution in [0.25, 0.3) is 0 Å². The molecule has 1 aromatic heterocycles. The molecule has 2 aliphatic rings. The number of hydrogen-bond acceptors (Lipinski definition) is 6. The summed E-state index contributed by atoms with van der Waals surface area (Å²) in [5.41, 5.74) is 4.46. The number of hydrogen-bond donors (Lipinski definition) is 2. The largest absolute Gasteiger partial charge is 0.497 e. The summed E-state index contributed by atoms with van der Waals surface area (Å²) in [5, 5.41) is 6.32. The van der Waals surface area contributed by atoms with E-state index in [4.69, 9.17) is 9.47 Å². The van der Waals surface area contributed by atoms with Crippen LogP contribution in [0, 0.1) is 0 Å². The number of amides is 1. The SMILES string of the molecule is COc1ccc(C2C(C(=O)Nc3ccccn3)=C(C)NC3=C2C(=O)CC(c2ccccc2)C3)c(OC)c1. The van der Waals surface area contributed by atoms with E-state index in [0.29, 0.717) is 47.0 Å². The van der Waals surface area contributed by atoms with Crippen molar-refractivity contribution in [3.8, 4) is 11.5 Å². The lowest BCUT2D eigenvalue weighted by molar-refractivity contribution is -0.116.